The van der Waals surface area contributed by atoms with Crippen LogP contribution in [0.4, 0.5) is 59.7 Å². The summed E-state index contributed by atoms with van der Waals surface area (Å²) in [5, 5.41) is 0. The van der Waals surface area contributed by atoms with Crippen molar-refractivity contribution in [3.05, 3.63) is 70.8 Å². The summed E-state index contributed by atoms with van der Waals surface area (Å²) in [7, 11) is 0. The van der Waals surface area contributed by atoms with E-state index in [0.717, 1.165) is 0 Å². The predicted octanol–water partition coefficient (Wildman–Crippen LogP) is 7.77. The van der Waals surface area contributed by atoms with Crippen LogP contribution in [-0.4, -0.2) is 0 Å². The zero-order chi connectivity index (χ0) is 27.2. The lowest BCUT2D eigenvalue weighted by molar-refractivity contribution is -0.141. The average Bonchev–Trinajstić information content (AvgIpc) is 2.69. The maximum absolute atomic E-state index is 14.4. The molecule has 3 aromatic rings. The lowest BCUT2D eigenvalue weighted by Gasteiger charge is -2.18. The van der Waals surface area contributed by atoms with Crippen molar-refractivity contribution in [2.24, 2.45) is 0 Å². The fourth-order valence-electron chi connectivity index (χ4n) is 2.98. The standard InChI is InChI=1S/C21H11F11N2O2/c22-17-15(36-9-2-4-11(13(34)6-9)20(27,28)29)7-14(16(18(17)23)21(30,31)32)35-8-1-3-10(12(33)5-8)19(24,25)26/h1-7H,33-34H2. The summed E-state index contributed by atoms with van der Waals surface area (Å²) in [5.41, 5.74) is 3.81. The molecular formula is C21H11F11N2O2. The molecule has 3 rings (SSSR count). The third kappa shape index (κ3) is 5.49. The second-order valence-corrected chi connectivity index (χ2v) is 7.07. The van der Waals surface area contributed by atoms with Crippen LogP contribution in [0.3, 0.4) is 0 Å². The molecule has 36 heavy (non-hydrogen) atoms. The Morgan fingerprint density at radius 2 is 0.944 bits per heavy atom. The Bertz CT molecular complexity index is 1300. The Morgan fingerprint density at radius 1 is 0.528 bits per heavy atom. The second kappa shape index (κ2) is 8.95. The van der Waals surface area contributed by atoms with Gasteiger partial charge in [-0.05, 0) is 24.3 Å². The van der Waals surface area contributed by atoms with E-state index >= 15 is 0 Å². The maximum atomic E-state index is 14.4. The number of nitrogens with two attached hydrogens (primary N) is 2. The van der Waals surface area contributed by atoms with Crippen LogP contribution in [0.25, 0.3) is 0 Å². The topological polar surface area (TPSA) is 70.5 Å². The molecule has 4 N–H and O–H groups in total. The van der Waals surface area contributed by atoms with Gasteiger partial charge in [0.25, 0.3) is 0 Å². The number of halogens is 11. The van der Waals surface area contributed by atoms with Crippen molar-refractivity contribution in [1.29, 1.82) is 0 Å². The minimum atomic E-state index is -5.55. The molecule has 15 heteroatoms. The van der Waals surface area contributed by atoms with Gasteiger partial charge in [0.1, 0.15) is 22.8 Å². The molecule has 0 radical (unpaired) electrons. The summed E-state index contributed by atoms with van der Waals surface area (Å²) in [4.78, 5) is 0. The highest BCUT2D eigenvalue weighted by molar-refractivity contribution is 5.56. The number of nitrogen functional groups attached to an aromatic ring is 2. The minimum absolute atomic E-state index is 0.211. The Kier molecular flexibility index (Phi) is 6.63. The molecule has 0 fully saturated rings. The van der Waals surface area contributed by atoms with Gasteiger partial charge in [-0.15, -0.1) is 0 Å². The van der Waals surface area contributed by atoms with Gasteiger partial charge in [-0.3, -0.25) is 0 Å². The molecule has 0 atom stereocenters. The van der Waals surface area contributed by atoms with Crippen molar-refractivity contribution in [3.63, 3.8) is 0 Å². The Hall–Kier alpha value is -3.91. The van der Waals surface area contributed by atoms with Crippen molar-refractivity contribution in [1.82, 2.24) is 0 Å². The van der Waals surface area contributed by atoms with Crippen molar-refractivity contribution < 1.29 is 57.8 Å². The summed E-state index contributed by atoms with van der Waals surface area (Å²) in [6.45, 7) is 0. The van der Waals surface area contributed by atoms with Gasteiger partial charge >= 0.3 is 18.5 Å². The first-order chi connectivity index (χ1) is 16.4. The lowest BCUT2D eigenvalue weighted by Crippen LogP contribution is -2.13. The third-order valence-corrected chi connectivity index (χ3v) is 4.53. The fraction of sp³-hybridized carbons (Fsp3) is 0.143. The second-order valence-electron chi connectivity index (χ2n) is 7.07. The summed E-state index contributed by atoms with van der Waals surface area (Å²) in [6.07, 6.45) is -15.3. The van der Waals surface area contributed by atoms with Gasteiger partial charge in [0.2, 0.25) is 5.82 Å². The number of hydrogen-bond acceptors (Lipinski definition) is 4. The van der Waals surface area contributed by atoms with Crippen LogP contribution < -0.4 is 20.9 Å². The van der Waals surface area contributed by atoms with E-state index in [1.807, 2.05) is 0 Å². The van der Waals surface area contributed by atoms with E-state index < -0.39 is 81.2 Å². The normalized spacial score (nSPS) is 12.5. The molecule has 0 aliphatic carbocycles. The zero-order valence-corrected chi connectivity index (χ0v) is 17.2. The Balaban J connectivity index is 2.07. The average molecular weight is 532 g/mol. The number of ether oxygens (including phenoxy) is 2. The molecule has 194 valence electrons. The molecule has 0 aliphatic rings. The van der Waals surface area contributed by atoms with Crippen molar-refractivity contribution in [2.45, 2.75) is 18.5 Å². The van der Waals surface area contributed by atoms with Gasteiger partial charge in [0, 0.05) is 29.6 Å². The summed E-state index contributed by atoms with van der Waals surface area (Å²) < 4.78 is 156. The van der Waals surface area contributed by atoms with Crippen LogP contribution in [0.2, 0.25) is 0 Å². The van der Waals surface area contributed by atoms with E-state index in [2.05, 4.69) is 0 Å². The number of benzene rings is 3. The number of rotatable bonds is 4. The van der Waals surface area contributed by atoms with Gasteiger partial charge in [-0.1, -0.05) is 0 Å². The van der Waals surface area contributed by atoms with Crippen molar-refractivity contribution >= 4 is 11.4 Å². The third-order valence-electron chi connectivity index (χ3n) is 4.53. The van der Waals surface area contributed by atoms with Crippen molar-refractivity contribution in [2.75, 3.05) is 11.5 Å². The van der Waals surface area contributed by atoms with E-state index in [-0.39, 0.29) is 6.07 Å². The first-order valence-electron chi connectivity index (χ1n) is 9.28. The highest BCUT2D eigenvalue weighted by atomic mass is 19.4. The van der Waals surface area contributed by atoms with E-state index in [1.54, 1.807) is 0 Å². The summed E-state index contributed by atoms with van der Waals surface area (Å²) in [6, 6.07) is 3.33. The monoisotopic (exact) mass is 532 g/mol. The van der Waals surface area contributed by atoms with Gasteiger partial charge in [0.05, 0.1) is 11.1 Å². The molecule has 0 aromatic heterocycles. The van der Waals surface area contributed by atoms with Crippen LogP contribution in [0.5, 0.6) is 23.0 Å². The van der Waals surface area contributed by atoms with Crippen LogP contribution in [0, 0.1) is 11.6 Å². The van der Waals surface area contributed by atoms with Gasteiger partial charge < -0.3 is 20.9 Å². The quantitative estimate of drug-likeness (QED) is 0.266. The van der Waals surface area contributed by atoms with Crippen LogP contribution in [-0.2, 0) is 18.5 Å². The molecule has 4 nitrogen and oxygen atoms in total. The number of hydrogen-bond donors (Lipinski definition) is 2. The molecule has 0 saturated carbocycles. The summed E-state index contributed by atoms with van der Waals surface area (Å²) in [5.74, 6) is -8.69. The molecule has 0 aliphatic heterocycles. The molecule has 0 bridgehead atoms. The number of alkyl halides is 9. The first kappa shape index (κ1) is 26.7. The van der Waals surface area contributed by atoms with E-state index in [0.29, 0.717) is 36.4 Å². The molecule has 0 heterocycles. The molecule has 0 amide bonds. The lowest BCUT2D eigenvalue weighted by atomic mass is 10.1. The van der Waals surface area contributed by atoms with E-state index in [4.69, 9.17) is 20.9 Å². The fourth-order valence-corrected chi connectivity index (χ4v) is 2.98. The molecule has 0 unspecified atom stereocenters. The highest BCUT2D eigenvalue weighted by Gasteiger charge is 2.41. The van der Waals surface area contributed by atoms with Crippen LogP contribution in [0.1, 0.15) is 16.7 Å². The predicted molar refractivity (Wildman–Crippen MR) is 103 cm³/mol. The Labute approximate surface area is 193 Å². The summed E-state index contributed by atoms with van der Waals surface area (Å²) >= 11 is 0. The molecular weight excluding hydrogens is 521 g/mol. The molecule has 0 saturated heterocycles. The van der Waals surface area contributed by atoms with Crippen LogP contribution >= 0.6 is 0 Å². The maximum Gasteiger partial charge on any atom is 0.422 e. The van der Waals surface area contributed by atoms with Gasteiger partial charge in [0.15, 0.2) is 11.6 Å². The Morgan fingerprint density at radius 3 is 1.31 bits per heavy atom. The first-order valence-corrected chi connectivity index (χ1v) is 9.28. The van der Waals surface area contributed by atoms with Gasteiger partial charge in [-0.2, -0.15) is 43.9 Å². The largest absolute Gasteiger partial charge is 0.456 e. The minimum Gasteiger partial charge on any atom is -0.456 e. The smallest absolute Gasteiger partial charge is 0.422 e. The van der Waals surface area contributed by atoms with Crippen LogP contribution in [0.15, 0.2) is 42.5 Å². The zero-order valence-electron chi connectivity index (χ0n) is 17.2. The van der Waals surface area contributed by atoms with Crippen molar-refractivity contribution in [3.8, 4) is 23.0 Å². The van der Waals surface area contributed by atoms with E-state index in [1.165, 1.54) is 0 Å². The van der Waals surface area contributed by atoms with E-state index in [9.17, 15) is 48.3 Å². The van der Waals surface area contributed by atoms with Gasteiger partial charge in [-0.25, -0.2) is 4.39 Å². The SMILES string of the molecule is Nc1cc(Oc2cc(Oc3ccc(C(F)(F)F)c(N)c3)c(C(F)(F)F)c(F)c2F)ccc1C(F)(F)F. The number of anilines is 2. The molecule has 0 spiro atoms. The molecule has 3 aromatic carbocycles. The highest BCUT2D eigenvalue weighted by Crippen LogP contribution is 2.45.